The Morgan fingerprint density at radius 1 is 1.50 bits per heavy atom. The van der Waals surface area contributed by atoms with Gasteiger partial charge in [-0.3, -0.25) is 4.79 Å². The lowest BCUT2D eigenvalue weighted by molar-refractivity contribution is -0.127. The van der Waals surface area contributed by atoms with Crippen LogP contribution in [0.15, 0.2) is 24.3 Å². The maximum Gasteiger partial charge on any atom is 0.166 e. The van der Waals surface area contributed by atoms with Crippen LogP contribution in [0.5, 0.6) is 5.75 Å². The predicted molar refractivity (Wildman–Crippen MR) is 60.4 cm³/mol. The summed E-state index contributed by atoms with van der Waals surface area (Å²) < 4.78 is 5.17. The highest BCUT2D eigenvalue weighted by Gasteiger charge is 2.34. The molecule has 1 unspecified atom stereocenters. The predicted octanol–water partition coefficient (Wildman–Crippen LogP) is 1.58. The number of carbonyl (C=O) groups excluding carboxylic acids is 1. The number of carbonyl (C=O) groups is 1. The van der Waals surface area contributed by atoms with Gasteiger partial charge < -0.3 is 9.84 Å². The van der Waals surface area contributed by atoms with Gasteiger partial charge >= 0.3 is 0 Å². The first kappa shape index (κ1) is 11.1. The van der Waals surface area contributed by atoms with E-state index < -0.39 is 6.10 Å². The maximum atomic E-state index is 11.8. The summed E-state index contributed by atoms with van der Waals surface area (Å²) in [4.78, 5) is 11.8. The first-order chi connectivity index (χ1) is 7.72. The maximum absolute atomic E-state index is 11.8. The smallest absolute Gasteiger partial charge is 0.166 e. The van der Waals surface area contributed by atoms with E-state index in [0.29, 0.717) is 5.75 Å². The molecule has 1 aliphatic carbocycles. The molecule has 1 aromatic rings. The fourth-order valence-corrected chi connectivity index (χ4v) is 1.82. The third kappa shape index (κ3) is 2.42. The van der Waals surface area contributed by atoms with Gasteiger partial charge in [-0.1, -0.05) is 18.2 Å². The molecule has 0 aromatic heterocycles. The number of aliphatic hydroxyl groups is 1. The fraction of sp³-hybridized carbons (Fsp3) is 0.462. The van der Waals surface area contributed by atoms with E-state index >= 15 is 0 Å². The summed E-state index contributed by atoms with van der Waals surface area (Å²) in [5, 5.41) is 9.69. The number of hydrogen-bond donors (Lipinski definition) is 1. The van der Waals surface area contributed by atoms with Crippen LogP contribution in [0.1, 0.15) is 18.4 Å². The molecule has 0 radical (unpaired) electrons. The second-order valence-corrected chi connectivity index (χ2v) is 4.24. The number of methoxy groups -OCH3 is 1. The van der Waals surface area contributed by atoms with Crippen molar-refractivity contribution < 1.29 is 14.6 Å². The number of aliphatic hydroxyl groups excluding tert-OH is 1. The molecule has 1 aromatic carbocycles. The van der Waals surface area contributed by atoms with E-state index in [1.165, 1.54) is 0 Å². The van der Waals surface area contributed by atoms with E-state index in [9.17, 15) is 9.90 Å². The van der Waals surface area contributed by atoms with Crippen LogP contribution in [0.3, 0.4) is 0 Å². The minimum atomic E-state index is -0.787. The van der Waals surface area contributed by atoms with Crippen molar-refractivity contribution >= 4 is 5.78 Å². The molecule has 3 heteroatoms. The number of ether oxygens (including phenoxy) is 1. The monoisotopic (exact) mass is 220 g/mol. The molecule has 1 saturated carbocycles. The highest BCUT2D eigenvalue weighted by molar-refractivity contribution is 5.86. The zero-order chi connectivity index (χ0) is 11.5. The van der Waals surface area contributed by atoms with Crippen molar-refractivity contribution in [3.05, 3.63) is 29.8 Å². The minimum Gasteiger partial charge on any atom is -0.496 e. The Labute approximate surface area is 95.0 Å². The van der Waals surface area contributed by atoms with Crippen molar-refractivity contribution in [2.45, 2.75) is 25.4 Å². The van der Waals surface area contributed by atoms with Crippen LogP contribution in [-0.4, -0.2) is 24.1 Å². The average Bonchev–Trinajstić information content (AvgIpc) is 3.12. The second kappa shape index (κ2) is 4.66. The number of ketones is 1. The Morgan fingerprint density at radius 3 is 2.81 bits per heavy atom. The van der Waals surface area contributed by atoms with Crippen molar-refractivity contribution in [2.24, 2.45) is 5.92 Å². The van der Waals surface area contributed by atoms with Gasteiger partial charge in [-0.15, -0.1) is 0 Å². The molecule has 0 amide bonds. The van der Waals surface area contributed by atoms with Crippen LogP contribution in [0.4, 0.5) is 0 Å². The lowest BCUT2D eigenvalue weighted by atomic mass is 10.0. The quantitative estimate of drug-likeness (QED) is 0.819. The summed E-state index contributed by atoms with van der Waals surface area (Å²) in [6, 6.07) is 7.42. The van der Waals surface area contributed by atoms with Gasteiger partial charge in [0.2, 0.25) is 0 Å². The minimum absolute atomic E-state index is 0.105. The molecule has 1 fully saturated rings. The summed E-state index contributed by atoms with van der Waals surface area (Å²) in [6.45, 7) is 0. The number of benzene rings is 1. The van der Waals surface area contributed by atoms with Crippen LogP contribution in [0, 0.1) is 5.92 Å². The van der Waals surface area contributed by atoms with Crippen LogP contribution in [0.2, 0.25) is 0 Å². The van der Waals surface area contributed by atoms with Gasteiger partial charge in [0, 0.05) is 12.0 Å². The van der Waals surface area contributed by atoms with Gasteiger partial charge in [-0.2, -0.15) is 0 Å². The molecule has 0 saturated heterocycles. The summed E-state index contributed by atoms with van der Waals surface area (Å²) in [5.41, 5.74) is 0.842. The largest absolute Gasteiger partial charge is 0.496 e. The van der Waals surface area contributed by atoms with Crippen molar-refractivity contribution in [2.75, 3.05) is 7.11 Å². The molecule has 3 nitrogen and oxygen atoms in total. The van der Waals surface area contributed by atoms with Gasteiger partial charge in [0.15, 0.2) is 5.78 Å². The van der Waals surface area contributed by atoms with Gasteiger partial charge in [0.1, 0.15) is 11.9 Å². The van der Waals surface area contributed by atoms with Crippen LogP contribution in [0.25, 0.3) is 0 Å². The highest BCUT2D eigenvalue weighted by Crippen LogP contribution is 2.33. The van der Waals surface area contributed by atoms with Crippen molar-refractivity contribution in [3.63, 3.8) is 0 Å². The lowest BCUT2D eigenvalue weighted by Crippen LogP contribution is -2.24. The summed E-state index contributed by atoms with van der Waals surface area (Å²) >= 11 is 0. The van der Waals surface area contributed by atoms with Gasteiger partial charge in [0.25, 0.3) is 0 Å². The molecule has 1 N–H and O–H groups in total. The van der Waals surface area contributed by atoms with Crippen LogP contribution in [-0.2, 0) is 11.2 Å². The molecule has 0 heterocycles. The van der Waals surface area contributed by atoms with Crippen LogP contribution >= 0.6 is 0 Å². The number of para-hydroxylation sites is 1. The first-order valence-corrected chi connectivity index (χ1v) is 5.55. The molecule has 0 aliphatic heterocycles. The van der Waals surface area contributed by atoms with E-state index in [1.54, 1.807) is 7.11 Å². The second-order valence-electron chi connectivity index (χ2n) is 4.24. The zero-order valence-electron chi connectivity index (χ0n) is 9.35. The standard InChI is InChI=1S/C13H16O3/c1-16-12-5-3-2-4-10(12)8-11(14)13(15)9-6-7-9/h2-5,9,13,15H,6-8H2,1H3. The number of rotatable bonds is 5. The zero-order valence-corrected chi connectivity index (χ0v) is 9.35. The summed E-state index contributed by atoms with van der Waals surface area (Å²) in [6.07, 6.45) is 1.41. The molecule has 16 heavy (non-hydrogen) atoms. The molecule has 86 valence electrons. The van der Waals surface area contributed by atoms with Crippen LogP contribution < -0.4 is 4.74 Å². The fourth-order valence-electron chi connectivity index (χ4n) is 1.82. The third-order valence-corrected chi connectivity index (χ3v) is 2.96. The normalized spacial score (nSPS) is 16.9. The SMILES string of the molecule is COc1ccccc1CC(=O)C(O)C1CC1. The van der Waals surface area contributed by atoms with E-state index in [1.807, 2.05) is 24.3 Å². The van der Waals surface area contributed by atoms with E-state index in [4.69, 9.17) is 4.74 Å². The molecule has 2 rings (SSSR count). The molecule has 1 atom stereocenters. The highest BCUT2D eigenvalue weighted by atomic mass is 16.5. The van der Waals surface area contributed by atoms with E-state index in [-0.39, 0.29) is 18.1 Å². The Balaban J connectivity index is 2.04. The Kier molecular flexibility index (Phi) is 3.25. The average molecular weight is 220 g/mol. The Morgan fingerprint density at radius 2 is 2.19 bits per heavy atom. The first-order valence-electron chi connectivity index (χ1n) is 5.55. The van der Waals surface area contributed by atoms with Crippen molar-refractivity contribution in [3.8, 4) is 5.75 Å². The third-order valence-electron chi connectivity index (χ3n) is 2.96. The number of Topliss-reactive ketones (excluding diaryl/α,β-unsaturated/α-hetero) is 1. The summed E-state index contributed by atoms with van der Waals surface area (Å²) in [7, 11) is 1.58. The van der Waals surface area contributed by atoms with Crippen molar-refractivity contribution in [1.82, 2.24) is 0 Å². The Hall–Kier alpha value is -1.35. The topological polar surface area (TPSA) is 46.5 Å². The molecular weight excluding hydrogens is 204 g/mol. The Bertz CT molecular complexity index is 383. The summed E-state index contributed by atoms with van der Waals surface area (Å²) in [5.74, 6) is 0.799. The molecule has 0 spiro atoms. The lowest BCUT2D eigenvalue weighted by Gasteiger charge is -2.10. The molecular formula is C13H16O3. The molecule has 0 bridgehead atoms. The van der Waals surface area contributed by atoms with Gasteiger partial charge in [-0.25, -0.2) is 0 Å². The van der Waals surface area contributed by atoms with Gasteiger partial charge in [-0.05, 0) is 24.8 Å². The number of hydrogen-bond acceptors (Lipinski definition) is 3. The van der Waals surface area contributed by atoms with E-state index in [0.717, 1.165) is 18.4 Å². The van der Waals surface area contributed by atoms with Crippen molar-refractivity contribution in [1.29, 1.82) is 0 Å². The molecule has 1 aliphatic rings. The van der Waals surface area contributed by atoms with E-state index in [2.05, 4.69) is 0 Å². The van der Waals surface area contributed by atoms with Gasteiger partial charge in [0.05, 0.1) is 7.11 Å².